The monoisotopic (exact) mass is 394 g/mol. The molecule has 1 saturated heterocycles. The Morgan fingerprint density at radius 1 is 1.04 bits per heavy atom. The number of ketones is 1. The van der Waals surface area contributed by atoms with Gasteiger partial charge in [-0.2, -0.15) is 0 Å². The van der Waals surface area contributed by atoms with Crippen molar-refractivity contribution < 1.29 is 14.3 Å². The zero-order valence-corrected chi connectivity index (χ0v) is 16.2. The van der Waals surface area contributed by atoms with Gasteiger partial charge in [0.25, 0.3) is 5.91 Å². The van der Waals surface area contributed by atoms with Crippen molar-refractivity contribution in [2.45, 2.75) is 6.92 Å². The van der Waals surface area contributed by atoms with Gasteiger partial charge in [-0.15, -0.1) is 0 Å². The van der Waals surface area contributed by atoms with Crippen molar-refractivity contribution in [3.63, 3.8) is 0 Å². The van der Waals surface area contributed by atoms with Crippen molar-refractivity contribution in [3.8, 4) is 11.3 Å². The minimum atomic E-state index is -0.0420. The average molecular weight is 395 g/mol. The minimum absolute atomic E-state index is 0.00740. The number of halogens is 1. The Morgan fingerprint density at radius 3 is 2.43 bits per heavy atom. The third-order valence-electron chi connectivity index (χ3n) is 4.89. The molecule has 0 saturated carbocycles. The first-order valence-corrected chi connectivity index (χ1v) is 9.49. The smallest absolute Gasteiger partial charge is 0.254 e. The second-order valence-electron chi connectivity index (χ2n) is 6.75. The summed E-state index contributed by atoms with van der Waals surface area (Å²) in [7, 11) is 0. The molecule has 0 spiro atoms. The van der Waals surface area contributed by atoms with E-state index in [-0.39, 0.29) is 11.7 Å². The van der Waals surface area contributed by atoms with E-state index in [2.05, 4.69) is 0 Å². The fourth-order valence-corrected chi connectivity index (χ4v) is 3.51. The van der Waals surface area contributed by atoms with Gasteiger partial charge in [-0.05, 0) is 25.1 Å². The largest absolute Gasteiger partial charge is 0.378 e. The molecule has 3 aromatic rings. The van der Waals surface area contributed by atoms with Gasteiger partial charge in [-0.1, -0.05) is 41.9 Å². The molecular formula is C22H19ClN2O3. The highest BCUT2D eigenvalue weighted by molar-refractivity contribution is 6.31. The molecule has 0 bridgehead atoms. The second-order valence-corrected chi connectivity index (χ2v) is 7.19. The molecule has 1 aliphatic heterocycles. The van der Waals surface area contributed by atoms with Crippen LogP contribution in [0.3, 0.4) is 0 Å². The topological polar surface area (TPSA) is 59.5 Å². The number of rotatable bonds is 3. The molecule has 5 nitrogen and oxygen atoms in total. The van der Waals surface area contributed by atoms with Crippen molar-refractivity contribution in [1.82, 2.24) is 9.88 Å². The molecule has 1 aliphatic rings. The van der Waals surface area contributed by atoms with E-state index >= 15 is 0 Å². The number of fused-ring (bicyclic) bond motifs is 1. The molecule has 1 amide bonds. The molecule has 0 N–H and O–H groups in total. The van der Waals surface area contributed by atoms with Crippen molar-refractivity contribution in [3.05, 3.63) is 64.7 Å². The van der Waals surface area contributed by atoms with Crippen LogP contribution >= 0.6 is 11.6 Å². The SMILES string of the molecule is CC(=O)c1ccc(-c2cc(C(=O)N3CCOCC3)c3ccc(Cl)cc3n2)cc1. The first-order chi connectivity index (χ1) is 13.5. The van der Waals surface area contributed by atoms with Gasteiger partial charge in [0, 0.05) is 34.6 Å². The van der Waals surface area contributed by atoms with E-state index in [0.717, 1.165) is 10.9 Å². The number of nitrogens with zero attached hydrogens (tertiary/aromatic N) is 2. The summed E-state index contributed by atoms with van der Waals surface area (Å²) in [6, 6.07) is 14.4. The van der Waals surface area contributed by atoms with Crippen molar-refractivity contribution >= 4 is 34.2 Å². The molecule has 1 fully saturated rings. The molecule has 28 heavy (non-hydrogen) atoms. The first-order valence-electron chi connectivity index (χ1n) is 9.11. The molecule has 0 aliphatic carbocycles. The summed E-state index contributed by atoms with van der Waals surface area (Å²) in [5.74, 6) is -0.0346. The average Bonchev–Trinajstić information content (AvgIpc) is 2.73. The van der Waals surface area contributed by atoms with E-state index in [1.807, 2.05) is 24.3 Å². The fraction of sp³-hybridized carbons (Fsp3) is 0.227. The maximum atomic E-state index is 13.2. The van der Waals surface area contributed by atoms with Crippen LogP contribution in [0.2, 0.25) is 5.02 Å². The van der Waals surface area contributed by atoms with Crippen LogP contribution in [-0.4, -0.2) is 47.9 Å². The van der Waals surface area contributed by atoms with Crippen LogP contribution < -0.4 is 0 Å². The predicted octanol–water partition coefficient (Wildman–Crippen LogP) is 4.23. The van der Waals surface area contributed by atoms with Gasteiger partial charge in [-0.25, -0.2) is 4.98 Å². The first kappa shape index (κ1) is 18.6. The number of Topliss-reactive ketones (excluding diaryl/α,β-unsaturated/α-hetero) is 1. The number of hydrogen-bond acceptors (Lipinski definition) is 4. The van der Waals surface area contributed by atoms with Crippen LogP contribution in [0, 0.1) is 0 Å². The van der Waals surface area contributed by atoms with Crippen LogP contribution in [0.1, 0.15) is 27.6 Å². The Balaban J connectivity index is 1.83. The van der Waals surface area contributed by atoms with Gasteiger partial charge in [0.2, 0.25) is 0 Å². The Morgan fingerprint density at radius 2 is 1.75 bits per heavy atom. The highest BCUT2D eigenvalue weighted by Gasteiger charge is 2.22. The molecule has 0 unspecified atom stereocenters. The Kier molecular flexibility index (Phi) is 5.11. The van der Waals surface area contributed by atoms with Gasteiger partial charge in [0.05, 0.1) is 30.0 Å². The summed E-state index contributed by atoms with van der Waals surface area (Å²) in [4.78, 5) is 31.2. The van der Waals surface area contributed by atoms with E-state index in [1.54, 1.807) is 29.2 Å². The molecule has 2 heterocycles. The van der Waals surface area contributed by atoms with E-state index in [9.17, 15) is 9.59 Å². The molecule has 6 heteroatoms. The summed E-state index contributed by atoms with van der Waals surface area (Å²) < 4.78 is 5.36. The molecule has 4 rings (SSSR count). The van der Waals surface area contributed by atoms with Crippen molar-refractivity contribution in [2.24, 2.45) is 0 Å². The maximum Gasteiger partial charge on any atom is 0.254 e. The number of carbonyl (C=O) groups is 2. The number of hydrogen-bond donors (Lipinski definition) is 0. The maximum absolute atomic E-state index is 13.2. The summed E-state index contributed by atoms with van der Waals surface area (Å²) in [5, 5.41) is 1.33. The van der Waals surface area contributed by atoms with E-state index in [1.165, 1.54) is 6.92 Å². The zero-order chi connectivity index (χ0) is 19.7. The van der Waals surface area contributed by atoms with Gasteiger partial charge >= 0.3 is 0 Å². The van der Waals surface area contributed by atoms with Gasteiger partial charge in [0.15, 0.2) is 5.78 Å². The third kappa shape index (κ3) is 3.63. The minimum Gasteiger partial charge on any atom is -0.378 e. The quantitative estimate of drug-likeness (QED) is 0.624. The summed E-state index contributed by atoms with van der Waals surface area (Å²) >= 11 is 6.16. The summed E-state index contributed by atoms with van der Waals surface area (Å²) in [6.07, 6.45) is 0. The van der Waals surface area contributed by atoms with Crippen LogP contribution in [0.5, 0.6) is 0 Å². The fourth-order valence-electron chi connectivity index (χ4n) is 3.34. The summed E-state index contributed by atoms with van der Waals surface area (Å²) in [6.45, 7) is 3.75. The lowest BCUT2D eigenvalue weighted by Gasteiger charge is -2.27. The lowest BCUT2D eigenvalue weighted by molar-refractivity contribution is 0.0304. The second kappa shape index (κ2) is 7.70. The number of amides is 1. The van der Waals surface area contributed by atoms with Crippen LogP contribution in [-0.2, 0) is 4.74 Å². The lowest BCUT2D eigenvalue weighted by atomic mass is 10.0. The Hall–Kier alpha value is -2.76. The number of aromatic nitrogens is 1. The highest BCUT2D eigenvalue weighted by atomic mass is 35.5. The van der Waals surface area contributed by atoms with E-state index in [4.69, 9.17) is 21.3 Å². The van der Waals surface area contributed by atoms with Crippen LogP contribution in [0.25, 0.3) is 22.2 Å². The number of ether oxygens (including phenoxy) is 1. The van der Waals surface area contributed by atoms with Crippen molar-refractivity contribution in [2.75, 3.05) is 26.3 Å². The lowest BCUT2D eigenvalue weighted by Crippen LogP contribution is -2.40. The molecule has 0 radical (unpaired) electrons. The van der Waals surface area contributed by atoms with Gasteiger partial charge in [-0.3, -0.25) is 9.59 Å². The van der Waals surface area contributed by atoms with E-state index < -0.39 is 0 Å². The molecule has 0 atom stereocenters. The van der Waals surface area contributed by atoms with Crippen LogP contribution in [0.4, 0.5) is 0 Å². The normalized spacial score (nSPS) is 14.3. The predicted molar refractivity (Wildman–Crippen MR) is 109 cm³/mol. The number of pyridine rings is 1. The van der Waals surface area contributed by atoms with Crippen molar-refractivity contribution in [1.29, 1.82) is 0 Å². The number of carbonyl (C=O) groups excluding carboxylic acids is 2. The number of benzene rings is 2. The molecule has 2 aromatic carbocycles. The van der Waals surface area contributed by atoms with Gasteiger partial charge in [0.1, 0.15) is 0 Å². The molecular weight excluding hydrogens is 376 g/mol. The van der Waals surface area contributed by atoms with E-state index in [0.29, 0.717) is 53.7 Å². The standard InChI is InChI=1S/C22H19ClN2O3/c1-14(26)15-2-4-16(5-3-15)20-13-19(22(27)25-8-10-28-11-9-25)18-7-6-17(23)12-21(18)24-20/h2-7,12-13H,8-11H2,1H3. The zero-order valence-electron chi connectivity index (χ0n) is 15.4. The van der Waals surface area contributed by atoms with Gasteiger partial charge < -0.3 is 9.64 Å². The highest BCUT2D eigenvalue weighted by Crippen LogP contribution is 2.28. The molecule has 142 valence electrons. The Labute approximate surface area is 167 Å². The summed E-state index contributed by atoms with van der Waals surface area (Å²) in [5.41, 5.74) is 3.40. The number of morpholine rings is 1. The van der Waals surface area contributed by atoms with Crippen LogP contribution in [0.15, 0.2) is 48.5 Å². The Bertz CT molecular complexity index is 1060. The molecule has 1 aromatic heterocycles. The third-order valence-corrected chi connectivity index (χ3v) is 5.12.